The second kappa shape index (κ2) is 6.93. The minimum Gasteiger partial charge on any atom is -0.146 e. The molecular formula is C30H28S2. The van der Waals surface area contributed by atoms with E-state index in [2.05, 4.69) is 78.1 Å². The van der Waals surface area contributed by atoms with Crippen molar-refractivity contribution in [3.05, 3.63) is 87.3 Å². The van der Waals surface area contributed by atoms with Gasteiger partial charge in [-0.15, -0.1) is 23.5 Å². The lowest BCUT2D eigenvalue weighted by molar-refractivity contribution is 0.643. The summed E-state index contributed by atoms with van der Waals surface area (Å²) in [5, 5.41) is 5.62. The van der Waals surface area contributed by atoms with Gasteiger partial charge in [0.25, 0.3) is 0 Å². The van der Waals surface area contributed by atoms with E-state index < -0.39 is 0 Å². The Kier molecular flexibility index (Phi) is 4.06. The van der Waals surface area contributed by atoms with Gasteiger partial charge in [0.05, 0.1) is 0 Å². The summed E-state index contributed by atoms with van der Waals surface area (Å²) in [6.45, 7) is 0. The largest absolute Gasteiger partial charge is 0.146 e. The van der Waals surface area contributed by atoms with E-state index in [0.717, 1.165) is 16.4 Å². The lowest BCUT2D eigenvalue weighted by atomic mass is 9.88. The first kappa shape index (κ1) is 18.7. The van der Waals surface area contributed by atoms with Gasteiger partial charge in [-0.1, -0.05) is 60.2 Å². The summed E-state index contributed by atoms with van der Waals surface area (Å²) in [6, 6.07) is 16.1. The maximum absolute atomic E-state index is 2.60. The van der Waals surface area contributed by atoms with Crippen molar-refractivity contribution in [2.24, 2.45) is 0 Å². The molecule has 1 saturated heterocycles. The van der Waals surface area contributed by atoms with Crippen molar-refractivity contribution in [1.82, 2.24) is 0 Å². The minimum atomic E-state index is 0.582. The molecule has 5 atom stereocenters. The molecule has 0 spiro atoms. The number of hydrogen-bond donors (Lipinski definition) is 0. The van der Waals surface area contributed by atoms with E-state index in [0.29, 0.717) is 11.2 Å². The van der Waals surface area contributed by atoms with Gasteiger partial charge >= 0.3 is 0 Å². The topological polar surface area (TPSA) is 0 Å². The van der Waals surface area contributed by atoms with Crippen LogP contribution in [-0.2, 0) is 0 Å². The van der Waals surface area contributed by atoms with E-state index >= 15 is 0 Å². The first-order valence-electron chi connectivity index (χ1n) is 12.5. The van der Waals surface area contributed by atoms with Crippen LogP contribution in [0.15, 0.2) is 60.2 Å². The average Bonchev–Trinajstić information content (AvgIpc) is 3.59. The summed E-state index contributed by atoms with van der Waals surface area (Å²) < 4.78 is 0. The van der Waals surface area contributed by atoms with Gasteiger partial charge in [0.15, 0.2) is 0 Å². The summed E-state index contributed by atoms with van der Waals surface area (Å²) >= 11 is 4.47. The van der Waals surface area contributed by atoms with E-state index in [1.807, 2.05) is 5.57 Å². The standard InChI is InChI=1S/C30H28S2/c1-3-7-17(8-4-1)25-15-23-19-11-12-20-24-16-26(18-9-5-2-6-10-18)32-30(24)22-14-13-21(29(23)31-25)27(19)28(20)22/h1,3-4,7-9,11-12,15,23-24,26,29-30H,2,5-6,10,13-14,16H2. The quantitative estimate of drug-likeness (QED) is 0.477. The Morgan fingerprint density at radius 3 is 2.44 bits per heavy atom. The van der Waals surface area contributed by atoms with Crippen molar-refractivity contribution in [3.63, 3.8) is 0 Å². The van der Waals surface area contributed by atoms with Gasteiger partial charge in [0, 0.05) is 32.5 Å². The van der Waals surface area contributed by atoms with E-state index in [-0.39, 0.29) is 0 Å². The van der Waals surface area contributed by atoms with Crippen molar-refractivity contribution in [2.45, 2.75) is 72.5 Å². The molecule has 0 bridgehead atoms. The Hall–Kier alpha value is -1.64. The Bertz CT molecular complexity index is 1330. The van der Waals surface area contributed by atoms with E-state index in [4.69, 9.17) is 0 Å². The average molecular weight is 453 g/mol. The van der Waals surface area contributed by atoms with Crippen molar-refractivity contribution in [1.29, 1.82) is 0 Å². The highest BCUT2D eigenvalue weighted by molar-refractivity contribution is 8.09. The monoisotopic (exact) mass is 452 g/mol. The molecule has 160 valence electrons. The van der Waals surface area contributed by atoms with Crippen LogP contribution in [0, 0.1) is 0 Å². The lowest BCUT2D eigenvalue weighted by Crippen LogP contribution is -2.34. The van der Waals surface area contributed by atoms with Crippen LogP contribution in [0.25, 0.3) is 16.1 Å². The van der Waals surface area contributed by atoms with Gasteiger partial charge < -0.3 is 0 Å². The molecule has 0 nitrogen and oxygen atoms in total. The molecule has 4 aliphatic carbocycles. The summed E-state index contributed by atoms with van der Waals surface area (Å²) in [5.41, 5.74) is 10.1. The van der Waals surface area contributed by atoms with Crippen molar-refractivity contribution < 1.29 is 0 Å². The Labute approximate surface area is 199 Å². The van der Waals surface area contributed by atoms with Gasteiger partial charge in [0.2, 0.25) is 0 Å². The molecule has 0 amide bonds. The van der Waals surface area contributed by atoms with E-state index in [9.17, 15) is 0 Å². The molecule has 6 aliphatic rings. The molecule has 0 saturated carbocycles. The van der Waals surface area contributed by atoms with Crippen molar-refractivity contribution in [3.8, 4) is 0 Å². The van der Waals surface area contributed by atoms with Crippen LogP contribution >= 0.6 is 23.5 Å². The molecular weight excluding hydrogens is 424 g/mol. The Balaban J connectivity index is 1.21. The molecule has 0 N–H and O–H groups in total. The van der Waals surface area contributed by atoms with Gasteiger partial charge in [-0.25, -0.2) is 0 Å². The van der Waals surface area contributed by atoms with Crippen LogP contribution in [0.4, 0.5) is 0 Å². The molecule has 2 heteroatoms. The third kappa shape index (κ3) is 2.49. The molecule has 8 rings (SSSR count). The van der Waals surface area contributed by atoms with Gasteiger partial charge in [-0.3, -0.25) is 0 Å². The van der Waals surface area contributed by atoms with Crippen LogP contribution in [0.2, 0.25) is 0 Å². The molecule has 5 unspecified atom stereocenters. The highest BCUT2D eigenvalue weighted by atomic mass is 32.2. The fourth-order valence-electron chi connectivity index (χ4n) is 7.50. The molecule has 2 aromatic carbocycles. The molecule has 0 aromatic heterocycles. The fraction of sp³-hybridized carbons (Fsp3) is 0.400. The third-order valence-electron chi connectivity index (χ3n) is 8.87. The number of hydrogen-bond acceptors (Lipinski definition) is 2. The van der Waals surface area contributed by atoms with Crippen LogP contribution in [-0.4, -0.2) is 15.7 Å². The second-order valence-corrected chi connectivity index (χ2v) is 13.0. The first-order chi connectivity index (χ1) is 15.9. The number of thioether (sulfide) groups is 2. The van der Waals surface area contributed by atoms with Crippen LogP contribution in [0.1, 0.15) is 73.5 Å². The summed E-state index contributed by atoms with van der Waals surface area (Å²) in [6.07, 6.45) is 14.7. The van der Waals surface area contributed by atoms with E-state index in [1.165, 1.54) is 55.4 Å². The van der Waals surface area contributed by atoms with Gasteiger partial charge in [-0.2, -0.15) is 0 Å². The summed E-state index contributed by atoms with van der Waals surface area (Å²) in [5.74, 6) is 1.35. The van der Waals surface area contributed by atoms with Crippen molar-refractivity contribution in [2.75, 3.05) is 0 Å². The molecule has 2 heterocycles. The number of rotatable bonds is 2. The maximum Gasteiger partial charge on any atom is 0.0417 e. The predicted octanol–water partition coefficient (Wildman–Crippen LogP) is 6.51. The maximum atomic E-state index is 2.60. The lowest BCUT2D eigenvalue weighted by Gasteiger charge is -2.21. The highest BCUT2D eigenvalue weighted by Crippen LogP contribution is 2.57. The summed E-state index contributed by atoms with van der Waals surface area (Å²) in [7, 11) is 0. The van der Waals surface area contributed by atoms with Crippen molar-refractivity contribution >= 4 is 39.6 Å². The first-order valence-corrected chi connectivity index (χ1v) is 14.4. The van der Waals surface area contributed by atoms with E-state index in [1.54, 1.807) is 32.7 Å². The molecule has 2 aliphatic heterocycles. The molecule has 2 aromatic rings. The van der Waals surface area contributed by atoms with Gasteiger partial charge in [0.1, 0.15) is 0 Å². The van der Waals surface area contributed by atoms with Crippen LogP contribution < -0.4 is 10.4 Å². The molecule has 0 radical (unpaired) electrons. The second-order valence-electron chi connectivity index (χ2n) is 10.4. The molecule has 1 fully saturated rings. The number of benzene rings is 2. The minimum absolute atomic E-state index is 0.582. The van der Waals surface area contributed by atoms with Crippen LogP contribution in [0.5, 0.6) is 0 Å². The number of fused-ring (bicyclic) bond motifs is 6. The highest BCUT2D eigenvalue weighted by Gasteiger charge is 2.47. The number of allylic oxidation sites excluding steroid dienone is 2. The van der Waals surface area contributed by atoms with Gasteiger partial charge in [-0.05, 0) is 83.2 Å². The third-order valence-corrected chi connectivity index (χ3v) is 12.1. The SMILES string of the molecule is C1=C(c2ccccc2)SC2C3=c4c(ccc5c4=C(CC3)C3SC(C4=CCCCC4)CC53)C12. The smallest absolute Gasteiger partial charge is 0.0417 e. The van der Waals surface area contributed by atoms with Crippen LogP contribution in [0.3, 0.4) is 0 Å². The zero-order valence-electron chi connectivity index (χ0n) is 18.3. The molecule has 32 heavy (non-hydrogen) atoms. The predicted molar refractivity (Wildman–Crippen MR) is 139 cm³/mol. The summed E-state index contributed by atoms with van der Waals surface area (Å²) in [4.78, 5) is 1.49. The fourth-order valence-corrected chi connectivity index (χ4v) is 10.9. The Morgan fingerprint density at radius 1 is 0.781 bits per heavy atom. The normalized spacial score (nSPS) is 33.7. The Morgan fingerprint density at radius 2 is 1.59 bits per heavy atom. The zero-order chi connectivity index (χ0) is 20.8. The zero-order valence-corrected chi connectivity index (χ0v) is 20.0.